The molecule has 4 heteroatoms. The number of aliphatic hydroxyl groups is 1. The second-order valence-corrected chi connectivity index (χ2v) is 3.00. The van der Waals surface area contributed by atoms with E-state index < -0.39 is 0 Å². The van der Waals surface area contributed by atoms with Crippen LogP contribution in [0.1, 0.15) is 11.5 Å². The van der Waals surface area contributed by atoms with E-state index in [1.54, 1.807) is 6.07 Å². The molecule has 14 heavy (non-hydrogen) atoms. The Morgan fingerprint density at radius 1 is 1.57 bits per heavy atom. The van der Waals surface area contributed by atoms with E-state index in [0.717, 1.165) is 5.56 Å². The molecular formula is C10H14FNO2. The van der Waals surface area contributed by atoms with Crippen LogP contribution in [0.3, 0.4) is 0 Å². The summed E-state index contributed by atoms with van der Waals surface area (Å²) < 4.78 is 17.8. The van der Waals surface area contributed by atoms with Crippen molar-refractivity contribution in [3.63, 3.8) is 0 Å². The normalized spacial score (nSPS) is 12.6. The third kappa shape index (κ3) is 2.21. The molecule has 0 amide bonds. The number of hydrogen-bond acceptors (Lipinski definition) is 3. The lowest BCUT2D eigenvalue weighted by molar-refractivity contribution is 0.264. The first-order valence-corrected chi connectivity index (χ1v) is 4.37. The van der Waals surface area contributed by atoms with Gasteiger partial charge in [-0.1, -0.05) is 6.07 Å². The fourth-order valence-electron chi connectivity index (χ4n) is 1.32. The van der Waals surface area contributed by atoms with Crippen molar-refractivity contribution < 1.29 is 14.2 Å². The lowest BCUT2D eigenvalue weighted by Crippen LogP contribution is -2.16. The third-order valence-electron chi connectivity index (χ3n) is 2.14. The summed E-state index contributed by atoms with van der Waals surface area (Å²) >= 11 is 0. The van der Waals surface area contributed by atoms with E-state index in [0.29, 0.717) is 12.3 Å². The maximum absolute atomic E-state index is 12.8. The van der Waals surface area contributed by atoms with Gasteiger partial charge in [0.2, 0.25) is 0 Å². The van der Waals surface area contributed by atoms with Crippen LogP contribution < -0.4 is 10.5 Å². The molecule has 0 saturated heterocycles. The Morgan fingerprint density at radius 2 is 2.29 bits per heavy atom. The van der Waals surface area contributed by atoms with E-state index in [-0.39, 0.29) is 18.3 Å². The molecule has 3 nitrogen and oxygen atoms in total. The highest BCUT2D eigenvalue weighted by molar-refractivity contribution is 5.37. The molecule has 0 bridgehead atoms. The highest BCUT2D eigenvalue weighted by atomic mass is 19.1. The number of rotatable bonds is 4. The minimum absolute atomic E-state index is 0.0709. The van der Waals surface area contributed by atoms with Crippen molar-refractivity contribution in [2.75, 3.05) is 20.3 Å². The maximum Gasteiger partial charge on any atom is 0.126 e. The molecule has 0 aliphatic carbocycles. The molecule has 0 aromatic heterocycles. The molecule has 78 valence electrons. The first-order chi connectivity index (χ1) is 6.72. The predicted molar refractivity (Wildman–Crippen MR) is 51.8 cm³/mol. The zero-order valence-electron chi connectivity index (χ0n) is 8.03. The third-order valence-corrected chi connectivity index (χ3v) is 2.14. The van der Waals surface area contributed by atoms with E-state index >= 15 is 0 Å². The molecule has 0 aliphatic heterocycles. The number of methoxy groups -OCH3 is 1. The van der Waals surface area contributed by atoms with Crippen LogP contribution in [-0.2, 0) is 0 Å². The van der Waals surface area contributed by atoms with Crippen molar-refractivity contribution in [3.05, 3.63) is 29.6 Å². The molecule has 1 rings (SSSR count). The first-order valence-electron chi connectivity index (χ1n) is 4.37. The molecule has 1 atom stereocenters. The van der Waals surface area contributed by atoms with Gasteiger partial charge in [0.25, 0.3) is 0 Å². The molecule has 0 radical (unpaired) electrons. The highest BCUT2D eigenvalue weighted by Crippen LogP contribution is 2.26. The summed E-state index contributed by atoms with van der Waals surface area (Å²) in [5, 5.41) is 9.04. The lowest BCUT2D eigenvalue weighted by atomic mass is 9.99. The summed E-state index contributed by atoms with van der Waals surface area (Å²) in [5.74, 6) is -0.139. The molecular weight excluding hydrogens is 185 g/mol. The van der Waals surface area contributed by atoms with Crippen LogP contribution in [0, 0.1) is 5.82 Å². The average molecular weight is 199 g/mol. The van der Waals surface area contributed by atoms with Gasteiger partial charge >= 0.3 is 0 Å². The van der Waals surface area contributed by atoms with Crippen LogP contribution in [0.15, 0.2) is 18.2 Å². The summed E-state index contributed by atoms with van der Waals surface area (Å²) in [7, 11) is 1.46. The SMILES string of the molecule is COc1cc(F)ccc1C(CN)CO. The Kier molecular flexibility index (Phi) is 3.85. The topological polar surface area (TPSA) is 55.5 Å². The van der Waals surface area contributed by atoms with Gasteiger partial charge in [0.15, 0.2) is 0 Å². The number of benzene rings is 1. The zero-order valence-corrected chi connectivity index (χ0v) is 8.03. The highest BCUT2D eigenvalue weighted by Gasteiger charge is 2.14. The van der Waals surface area contributed by atoms with E-state index in [9.17, 15) is 4.39 Å². The number of halogens is 1. The predicted octanol–water partition coefficient (Wildman–Crippen LogP) is 0.869. The van der Waals surface area contributed by atoms with Crippen molar-refractivity contribution in [3.8, 4) is 5.75 Å². The molecule has 0 heterocycles. The van der Waals surface area contributed by atoms with Crippen LogP contribution in [0.5, 0.6) is 5.75 Å². The Balaban J connectivity index is 3.06. The fraction of sp³-hybridized carbons (Fsp3) is 0.400. The van der Waals surface area contributed by atoms with Crippen LogP contribution in [-0.4, -0.2) is 25.4 Å². The van der Waals surface area contributed by atoms with Gasteiger partial charge in [-0.15, -0.1) is 0 Å². The molecule has 1 unspecified atom stereocenters. The average Bonchev–Trinajstić information content (AvgIpc) is 2.21. The Morgan fingerprint density at radius 3 is 2.79 bits per heavy atom. The fourth-order valence-corrected chi connectivity index (χ4v) is 1.32. The second-order valence-electron chi connectivity index (χ2n) is 3.00. The van der Waals surface area contributed by atoms with Crippen molar-refractivity contribution in [1.82, 2.24) is 0 Å². The molecule has 3 N–H and O–H groups in total. The number of ether oxygens (including phenoxy) is 1. The van der Waals surface area contributed by atoms with Crippen molar-refractivity contribution in [2.24, 2.45) is 5.73 Å². The second kappa shape index (κ2) is 4.93. The smallest absolute Gasteiger partial charge is 0.126 e. The van der Waals surface area contributed by atoms with Gasteiger partial charge in [0.1, 0.15) is 11.6 Å². The van der Waals surface area contributed by atoms with E-state index in [2.05, 4.69) is 0 Å². The molecule has 1 aromatic rings. The van der Waals surface area contributed by atoms with Crippen molar-refractivity contribution in [2.45, 2.75) is 5.92 Å². The Hall–Kier alpha value is -1.13. The van der Waals surface area contributed by atoms with E-state index in [1.165, 1.54) is 19.2 Å². The number of nitrogens with two attached hydrogens (primary N) is 1. The van der Waals surface area contributed by atoms with Crippen LogP contribution in [0.2, 0.25) is 0 Å². The lowest BCUT2D eigenvalue weighted by Gasteiger charge is -2.15. The van der Waals surface area contributed by atoms with E-state index in [1.807, 2.05) is 0 Å². The number of aliphatic hydroxyl groups excluding tert-OH is 1. The van der Waals surface area contributed by atoms with Gasteiger partial charge in [-0.3, -0.25) is 0 Å². The van der Waals surface area contributed by atoms with Crippen LogP contribution in [0.4, 0.5) is 4.39 Å². The Bertz CT molecular complexity index is 300. The first kappa shape index (κ1) is 10.9. The summed E-state index contributed by atoms with van der Waals surface area (Å²) in [4.78, 5) is 0. The molecule has 0 fully saturated rings. The monoisotopic (exact) mass is 199 g/mol. The van der Waals surface area contributed by atoms with Gasteiger partial charge < -0.3 is 15.6 Å². The molecule has 0 saturated carbocycles. The quantitative estimate of drug-likeness (QED) is 0.756. The van der Waals surface area contributed by atoms with Crippen molar-refractivity contribution in [1.29, 1.82) is 0 Å². The van der Waals surface area contributed by atoms with Gasteiger partial charge in [-0.25, -0.2) is 4.39 Å². The van der Waals surface area contributed by atoms with Gasteiger partial charge in [-0.05, 0) is 6.07 Å². The van der Waals surface area contributed by atoms with Gasteiger partial charge in [-0.2, -0.15) is 0 Å². The summed E-state index contributed by atoms with van der Waals surface area (Å²) in [5.41, 5.74) is 6.20. The van der Waals surface area contributed by atoms with Gasteiger partial charge in [0, 0.05) is 24.1 Å². The van der Waals surface area contributed by atoms with Crippen molar-refractivity contribution >= 4 is 0 Å². The minimum Gasteiger partial charge on any atom is -0.496 e. The summed E-state index contributed by atoms with van der Waals surface area (Å²) in [6.45, 7) is 0.233. The maximum atomic E-state index is 12.8. The molecule has 0 spiro atoms. The largest absolute Gasteiger partial charge is 0.496 e. The van der Waals surface area contributed by atoms with Crippen LogP contribution in [0.25, 0.3) is 0 Å². The standard InChI is InChI=1S/C10H14FNO2/c1-14-10-4-8(11)2-3-9(10)7(5-12)6-13/h2-4,7,13H,5-6,12H2,1H3. The van der Waals surface area contributed by atoms with Gasteiger partial charge in [0.05, 0.1) is 13.7 Å². The number of hydrogen-bond donors (Lipinski definition) is 2. The summed E-state index contributed by atoms with van der Waals surface area (Å²) in [6.07, 6.45) is 0. The summed E-state index contributed by atoms with van der Waals surface area (Å²) in [6, 6.07) is 4.20. The minimum atomic E-state index is -0.362. The van der Waals surface area contributed by atoms with E-state index in [4.69, 9.17) is 15.6 Å². The van der Waals surface area contributed by atoms with Crippen LogP contribution >= 0.6 is 0 Å². The molecule has 1 aromatic carbocycles. The zero-order chi connectivity index (χ0) is 10.6. The Labute approximate surface area is 82.3 Å². The molecule has 0 aliphatic rings.